The predicted molar refractivity (Wildman–Crippen MR) is 246 cm³/mol. The van der Waals surface area contributed by atoms with Crippen LogP contribution in [0.1, 0.15) is 0 Å². The Labute approximate surface area is 340 Å². The lowest BCUT2D eigenvalue weighted by molar-refractivity contribution is 1.08. The third-order valence-corrected chi connectivity index (χ3v) is 11.8. The third kappa shape index (κ3) is 5.34. The molecule has 0 N–H and O–H groups in total. The van der Waals surface area contributed by atoms with Crippen LogP contribution < -0.4 is 0 Å². The van der Waals surface area contributed by atoms with E-state index >= 15 is 0 Å². The van der Waals surface area contributed by atoms with Crippen LogP contribution in [0.2, 0.25) is 0 Å². The summed E-state index contributed by atoms with van der Waals surface area (Å²) in [6.07, 6.45) is 0. The molecular formula is C55H34N4. The van der Waals surface area contributed by atoms with E-state index in [0.717, 1.165) is 60.6 Å². The first-order chi connectivity index (χ1) is 29.3. The molecule has 0 fully saturated rings. The first-order valence-electron chi connectivity index (χ1n) is 20.0. The molecule has 0 bridgehead atoms. The van der Waals surface area contributed by atoms with E-state index in [4.69, 9.17) is 15.0 Å². The van der Waals surface area contributed by atoms with E-state index in [1.807, 2.05) is 18.2 Å². The normalized spacial score (nSPS) is 11.7. The zero-order chi connectivity index (χ0) is 38.9. The molecule has 2 heterocycles. The Morgan fingerprint density at radius 3 is 1.61 bits per heavy atom. The largest absolute Gasteiger partial charge is 0.308 e. The molecule has 0 amide bonds. The van der Waals surface area contributed by atoms with Gasteiger partial charge in [0.1, 0.15) is 0 Å². The summed E-state index contributed by atoms with van der Waals surface area (Å²) in [5.74, 6) is 1.90. The van der Waals surface area contributed by atoms with Crippen molar-refractivity contribution >= 4 is 64.9 Å². The molecule has 0 aliphatic carbocycles. The number of hydrogen-bond donors (Lipinski definition) is 0. The Kier molecular flexibility index (Phi) is 7.50. The lowest BCUT2D eigenvalue weighted by Gasteiger charge is -2.19. The van der Waals surface area contributed by atoms with E-state index in [2.05, 4.69) is 193 Å². The summed E-state index contributed by atoms with van der Waals surface area (Å²) in [6, 6.07) is 73.5. The van der Waals surface area contributed by atoms with Gasteiger partial charge < -0.3 is 4.57 Å². The minimum Gasteiger partial charge on any atom is -0.308 e. The molecule has 0 radical (unpaired) electrons. The van der Waals surface area contributed by atoms with E-state index in [1.54, 1.807) is 0 Å². The van der Waals surface area contributed by atoms with Crippen molar-refractivity contribution in [3.05, 3.63) is 206 Å². The Balaban J connectivity index is 1.21. The number of rotatable bonds is 5. The summed E-state index contributed by atoms with van der Waals surface area (Å²) in [4.78, 5) is 15.8. The Morgan fingerprint density at radius 2 is 0.847 bits per heavy atom. The van der Waals surface area contributed by atoms with Gasteiger partial charge in [0.05, 0.1) is 16.7 Å². The van der Waals surface area contributed by atoms with Crippen LogP contribution in [0.25, 0.3) is 116 Å². The molecule has 274 valence electrons. The van der Waals surface area contributed by atoms with Gasteiger partial charge in [0.25, 0.3) is 0 Å². The SMILES string of the molecule is c1ccc(-c2nc(-c3cccc4ccccc34)nc(-c3ccc(-n4c5cc6ccccc6cc5c5ccc6ccccc6c54)c4c(-c5ccccc5)cccc34)n2)cc1. The average Bonchev–Trinajstić information content (AvgIpc) is 3.63. The maximum Gasteiger partial charge on any atom is 0.164 e. The van der Waals surface area contributed by atoms with Crippen molar-refractivity contribution in [3.63, 3.8) is 0 Å². The number of nitrogens with zero attached hydrogens (tertiary/aromatic N) is 4. The standard InChI is InChI=1S/C55H34N4/c1-3-15-36(16-4-1)42-26-14-27-44-47(55-57-53(38-19-5-2-6-20-38)56-54(58-55)46-28-13-23-35-17-9-11-24-41(35)46)31-32-49(51(42)44)59-50-34-40-22-8-7-21-39(40)33-48(50)45-30-29-37-18-10-12-25-43(37)52(45)59/h1-34H. The van der Waals surface area contributed by atoms with Gasteiger partial charge in [-0.2, -0.15) is 0 Å². The van der Waals surface area contributed by atoms with Crippen LogP contribution in [-0.2, 0) is 0 Å². The zero-order valence-corrected chi connectivity index (χ0v) is 31.9. The van der Waals surface area contributed by atoms with Gasteiger partial charge in [-0.1, -0.05) is 182 Å². The maximum absolute atomic E-state index is 5.34. The molecule has 4 nitrogen and oxygen atoms in total. The maximum atomic E-state index is 5.34. The summed E-state index contributed by atoms with van der Waals surface area (Å²) in [5.41, 5.74) is 8.59. The fraction of sp³-hybridized carbons (Fsp3) is 0. The molecule has 59 heavy (non-hydrogen) atoms. The summed E-state index contributed by atoms with van der Waals surface area (Å²) in [5, 5.41) is 11.7. The van der Waals surface area contributed by atoms with Crippen LogP contribution in [0.3, 0.4) is 0 Å². The van der Waals surface area contributed by atoms with Crippen molar-refractivity contribution in [1.82, 2.24) is 19.5 Å². The van der Waals surface area contributed by atoms with Gasteiger partial charge in [-0.05, 0) is 67.7 Å². The minimum atomic E-state index is 0.627. The van der Waals surface area contributed by atoms with Crippen LogP contribution in [0.5, 0.6) is 0 Å². The predicted octanol–water partition coefficient (Wildman–Crippen LogP) is 14.2. The van der Waals surface area contributed by atoms with Crippen molar-refractivity contribution in [2.45, 2.75) is 0 Å². The van der Waals surface area contributed by atoms with E-state index in [1.165, 1.54) is 37.8 Å². The Hall–Kier alpha value is -7.95. The van der Waals surface area contributed by atoms with Crippen molar-refractivity contribution in [3.8, 4) is 51.0 Å². The van der Waals surface area contributed by atoms with Crippen LogP contribution in [0.15, 0.2) is 206 Å². The van der Waals surface area contributed by atoms with Crippen molar-refractivity contribution in [1.29, 1.82) is 0 Å². The zero-order valence-electron chi connectivity index (χ0n) is 31.9. The van der Waals surface area contributed by atoms with Crippen LogP contribution >= 0.6 is 0 Å². The molecule has 12 aromatic rings. The fourth-order valence-corrected chi connectivity index (χ4v) is 9.09. The quantitative estimate of drug-likeness (QED) is 0.176. The van der Waals surface area contributed by atoms with Gasteiger partial charge in [0, 0.05) is 38.2 Å². The highest BCUT2D eigenvalue weighted by molar-refractivity contribution is 6.22. The van der Waals surface area contributed by atoms with E-state index < -0.39 is 0 Å². The molecule has 10 aromatic carbocycles. The highest BCUT2D eigenvalue weighted by Crippen LogP contribution is 2.44. The van der Waals surface area contributed by atoms with E-state index in [9.17, 15) is 0 Å². The van der Waals surface area contributed by atoms with Gasteiger partial charge in [0.15, 0.2) is 17.5 Å². The summed E-state index contributed by atoms with van der Waals surface area (Å²) >= 11 is 0. The van der Waals surface area contributed by atoms with Gasteiger partial charge in [0.2, 0.25) is 0 Å². The first-order valence-corrected chi connectivity index (χ1v) is 20.0. The lowest BCUT2D eigenvalue weighted by atomic mass is 9.93. The van der Waals surface area contributed by atoms with Crippen molar-refractivity contribution in [2.24, 2.45) is 0 Å². The van der Waals surface area contributed by atoms with Crippen LogP contribution in [0.4, 0.5) is 0 Å². The molecule has 0 spiro atoms. The number of hydrogen-bond acceptors (Lipinski definition) is 3. The topological polar surface area (TPSA) is 43.6 Å². The molecular weight excluding hydrogens is 717 g/mol. The molecule has 12 rings (SSSR count). The Bertz CT molecular complexity index is 3600. The molecule has 0 aliphatic heterocycles. The van der Waals surface area contributed by atoms with Crippen molar-refractivity contribution in [2.75, 3.05) is 0 Å². The molecule has 4 heteroatoms. The minimum absolute atomic E-state index is 0.627. The van der Waals surface area contributed by atoms with Gasteiger partial charge >= 0.3 is 0 Å². The van der Waals surface area contributed by atoms with Gasteiger partial charge in [-0.3, -0.25) is 0 Å². The highest BCUT2D eigenvalue weighted by Gasteiger charge is 2.22. The third-order valence-electron chi connectivity index (χ3n) is 11.8. The fourth-order valence-electron chi connectivity index (χ4n) is 9.09. The number of benzene rings is 10. The molecule has 0 unspecified atom stereocenters. The number of fused-ring (bicyclic) bond motifs is 8. The molecule has 0 saturated heterocycles. The highest BCUT2D eigenvalue weighted by atomic mass is 15.0. The molecule has 0 saturated carbocycles. The smallest absolute Gasteiger partial charge is 0.164 e. The van der Waals surface area contributed by atoms with E-state index in [-0.39, 0.29) is 0 Å². The summed E-state index contributed by atoms with van der Waals surface area (Å²) < 4.78 is 2.50. The van der Waals surface area contributed by atoms with E-state index in [0.29, 0.717) is 17.5 Å². The van der Waals surface area contributed by atoms with Crippen molar-refractivity contribution < 1.29 is 0 Å². The van der Waals surface area contributed by atoms with Crippen LogP contribution in [0, 0.1) is 0 Å². The monoisotopic (exact) mass is 750 g/mol. The second-order valence-corrected chi connectivity index (χ2v) is 15.2. The molecule has 2 aromatic heterocycles. The average molecular weight is 751 g/mol. The second kappa shape index (κ2) is 13.3. The number of aromatic nitrogens is 4. The van der Waals surface area contributed by atoms with Gasteiger partial charge in [-0.15, -0.1) is 0 Å². The second-order valence-electron chi connectivity index (χ2n) is 15.2. The summed E-state index contributed by atoms with van der Waals surface area (Å²) in [6.45, 7) is 0. The van der Waals surface area contributed by atoms with Gasteiger partial charge in [-0.25, -0.2) is 15.0 Å². The summed E-state index contributed by atoms with van der Waals surface area (Å²) in [7, 11) is 0. The molecule has 0 atom stereocenters. The lowest BCUT2D eigenvalue weighted by Crippen LogP contribution is -2.02. The molecule has 0 aliphatic rings. The first kappa shape index (κ1) is 33.2. The Morgan fingerprint density at radius 1 is 0.305 bits per heavy atom. The van der Waals surface area contributed by atoms with Crippen LogP contribution in [-0.4, -0.2) is 19.5 Å².